The smallest absolute Gasteiger partial charge is 0.210 e. The van der Waals surface area contributed by atoms with Crippen molar-refractivity contribution in [1.29, 1.82) is 0 Å². The van der Waals surface area contributed by atoms with Gasteiger partial charge in [-0.2, -0.15) is 0 Å². The minimum Gasteiger partial charge on any atom is -0.210 e. The SMILES string of the molecule is CC(C)C1C(Br)=CC(F)=CC1C(F)F. The first kappa shape index (κ1) is 11.8. The van der Waals surface area contributed by atoms with Crippen molar-refractivity contribution in [2.75, 3.05) is 0 Å². The van der Waals surface area contributed by atoms with Gasteiger partial charge >= 0.3 is 0 Å². The van der Waals surface area contributed by atoms with E-state index in [1.807, 2.05) is 13.8 Å². The van der Waals surface area contributed by atoms with Gasteiger partial charge in [0.2, 0.25) is 6.43 Å². The Bertz CT molecular complexity index is 269. The molecule has 1 rings (SSSR count). The molecule has 0 N–H and O–H groups in total. The van der Waals surface area contributed by atoms with Crippen LogP contribution in [0.15, 0.2) is 22.5 Å². The molecule has 0 aromatic carbocycles. The molecule has 14 heavy (non-hydrogen) atoms. The summed E-state index contributed by atoms with van der Waals surface area (Å²) < 4.78 is 38.7. The summed E-state index contributed by atoms with van der Waals surface area (Å²) in [4.78, 5) is 0. The molecule has 0 aromatic heterocycles. The van der Waals surface area contributed by atoms with Gasteiger partial charge in [-0.15, -0.1) is 0 Å². The summed E-state index contributed by atoms with van der Waals surface area (Å²) in [6.45, 7) is 3.71. The molecule has 2 unspecified atom stereocenters. The molecule has 0 aromatic rings. The maximum atomic E-state index is 12.9. The van der Waals surface area contributed by atoms with Crippen molar-refractivity contribution < 1.29 is 13.2 Å². The van der Waals surface area contributed by atoms with E-state index in [9.17, 15) is 13.2 Å². The second-order valence-electron chi connectivity index (χ2n) is 3.76. The zero-order valence-corrected chi connectivity index (χ0v) is 9.56. The van der Waals surface area contributed by atoms with E-state index in [1.54, 1.807) is 0 Å². The van der Waals surface area contributed by atoms with Crippen molar-refractivity contribution in [3.63, 3.8) is 0 Å². The number of hydrogen-bond donors (Lipinski definition) is 0. The zero-order chi connectivity index (χ0) is 10.9. The number of hydrogen-bond acceptors (Lipinski definition) is 0. The van der Waals surface area contributed by atoms with E-state index in [4.69, 9.17) is 0 Å². The molecule has 2 atom stereocenters. The van der Waals surface area contributed by atoms with Crippen LogP contribution in [0, 0.1) is 17.8 Å². The third kappa shape index (κ3) is 2.41. The van der Waals surface area contributed by atoms with Gasteiger partial charge < -0.3 is 0 Å². The largest absolute Gasteiger partial charge is 0.245 e. The normalized spacial score (nSPS) is 28.0. The van der Waals surface area contributed by atoms with Gasteiger partial charge in [0.15, 0.2) is 0 Å². The Labute approximate surface area is 90.0 Å². The first-order valence-corrected chi connectivity index (χ1v) is 5.25. The highest BCUT2D eigenvalue weighted by Crippen LogP contribution is 2.40. The maximum Gasteiger partial charge on any atom is 0.245 e. The van der Waals surface area contributed by atoms with E-state index < -0.39 is 18.2 Å². The fourth-order valence-electron chi connectivity index (χ4n) is 1.74. The zero-order valence-electron chi connectivity index (χ0n) is 7.98. The second kappa shape index (κ2) is 4.51. The molecule has 0 aliphatic heterocycles. The summed E-state index contributed by atoms with van der Waals surface area (Å²) >= 11 is 3.15. The van der Waals surface area contributed by atoms with E-state index in [2.05, 4.69) is 15.9 Å². The van der Waals surface area contributed by atoms with Gasteiger partial charge in [-0.1, -0.05) is 29.8 Å². The van der Waals surface area contributed by atoms with Gasteiger partial charge in [-0.05, 0) is 18.1 Å². The average molecular weight is 269 g/mol. The Morgan fingerprint density at radius 2 is 1.93 bits per heavy atom. The van der Waals surface area contributed by atoms with Crippen molar-refractivity contribution in [1.82, 2.24) is 0 Å². The molecule has 0 fully saturated rings. The summed E-state index contributed by atoms with van der Waals surface area (Å²) in [5, 5.41) is 0. The highest BCUT2D eigenvalue weighted by Gasteiger charge is 2.34. The van der Waals surface area contributed by atoms with E-state index in [-0.39, 0.29) is 11.8 Å². The Morgan fingerprint density at radius 1 is 1.36 bits per heavy atom. The highest BCUT2D eigenvalue weighted by molar-refractivity contribution is 9.11. The molecule has 0 saturated carbocycles. The van der Waals surface area contributed by atoms with Crippen LogP contribution in [-0.2, 0) is 0 Å². The molecular weight excluding hydrogens is 257 g/mol. The van der Waals surface area contributed by atoms with Crippen LogP contribution in [0.3, 0.4) is 0 Å². The average Bonchev–Trinajstić information content (AvgIpc) is 2.01. The molecule has 4 heteroatoms. The fourth-order valence-corrected chi connectivity index (χ4v) is 2.79. The van der Waals surface area contributed by atoms with Gasteiger partial charge in [0.1, 0.15) is 5.83 Å². The Hall–Kier alpha value is -0.250. The van der Waals surface area contributed by atoms with Crippen LogP contribution in [-0.4, -0.2) is 6.43 Å². The lowest BCUT2D eigenvalue weighted by Crippen LogP contribution is -2.27. The van der Waals surface area contributed by atoms with E-state index in [1.165, 1.54) is 6.08 Å². The summed E-state index contributed by atoms with van der Waals surface area (Å²) in [6, 6.07) is 0. The number of rotatable bonds is 2. The molecule has 0 bridgehead atoms. The molecule has 0 amide bonds. The third-order valence-corrected chi connectivity index (χ3v) is 3.13. The lowest BCUT2D eigenvalue weighted by Gasteiger charge is -2.29. The Kier molecular flexibility index (Phi) is 3.81. The molecule has 1 aliphatic carbocycles. The fraction of sp³-hybridized carbons (Fsp3) is 0.600. The van der Waals surface area contributed by atoms with Crippen LogP contribution in [0.1, 0.15) is 13.8 Å². The summed E-state index contributed by atoms with van der Waals surface area (Å²) in [5.74, 6) is -1.87. The minimum atomic E-state index is -2.52. The van der Waals surface area contributed by atoms with Crippen LogP contribution < -0.4 is 0 Å². The van der Waals surface area contributed by atoms with Gasteiger partial charge in [-0.3, -0.25) is 0 Å². The molecule has 0 nitrogen and oxygen atoms in total. The predicted molar refractivity (Wildman–Crippen MR) is 54.0 cm³/mol. The predicted octanol–water partition coefficient (Wildman–Crippen LogP) is 4.29. The monoisotopic (exact) mass is 268 g/mol. The van der Waals surface area contributed by atoms with Crippen LogP contribution in [0.25, 0.3) is 0 Å². The van der Waals surface area contributed by atoms with E-state index >= 15 is 0 Å². The lowest BCUT2D eigenvalue weighted by atomic mass is 9.80. The van der Waals surface area contributed by atoms with Gasteiger partial charge in [0, 0.05) is 16.3 Å². The second-order valence-corrected chi connectivity index (χ2v) is 4.68. The lowest BCUT2D eigenvalue weighted by molar-refractivity contribution is 0.0663. The van der Waals surface area contributed by atoms with Gasteiger partial charge in [0.25, 0.3) is 0 Å². The highest BCUT2D eigenvalue weighted by atomic mass is 79.9. The molecule has 80 valence electrons. The first-order valence-electron chi connectivity index (χ1n) is 4.46. The standard InChI is InChI=1S/C10H12BrF3/c1-5(2)9-7(10(13)14)3-6(12)4-8(9)11/h3-5,7,9-10H,1-2H3. The van der Waals surface area contributed by atoms with E-state index in [0.717, 1.165) is 6.08 Å². The molecule has 1 aliphatic rings. The minimum absolute atomic E-state index is 0.0592. The topological polar surface area (TPSA) is 0 Å². The molecule has 0 radical (unpaired) electrons. The first-order chi connectivity index (χ1) is 6.43. The van der Waals surface area contributed by atoms with Crippen molar-refractivity contribution in [3.8, 4) is 0 Å². The Morgan fingerprint density at radius 3 is 2.36 bits per heavy atom. The van der Waals surface area contributed by atoms with Crippen LogP contribution in [0.2, 0.25) is 0 Å². The van der Waals surface area contributed by atoms with Gasteiger partial charge in [0.05, 0.1) is 0 Å². The number of alkyl halides is 2. The molecule has 0 saturated heterocycles. The molecule has 0 heterocycles. The maximum absolute atomic E-state index is 12.9. The summed E-state index contributed by atoms with van der Waals surface area (Å²) in [6.07, 6.45) is -0.238. The Balaban J connectivity index is 2.97. The van der Waals surface area contributed by atoms with Crippen LogP contribution in [0.4, 0.5) is 13.2 Å². The summed E-state index contributed by atoms with van der Waals surface area (Å²) in [7, 11) is 0. The van der Waals surface area contributed by atoms with Crippen molar-refractivity contribution >= 4 is 15.9 Å². The quantitative estimate of drug-likeness (QED) is 0.701. The van der Waals surface area contributed by atoms with Crippen molar-refractivity contribution in [2.24, 2.45) is 17.8 Å². The molecule has 0 spiro atoms. The summed E-state index contributed by atoms with van der Waals surface area (Å²) in [5.41, 5.74) is 0. The molecular formula is C10H12BrF3. The van der Waals surface area contributed by atoms with Gasteiger partial charge in [-0.25, -0.2) is 13.2 Å². The van der Waals surface area contributed by atoms with Crippen molar-refractivity contribution in [3.05, 3.63) is 22.5 Å². The number of allylic oxidation sites excluding steroid dienone is 4. The van der Waals surface area contributed by atoms with Crippen molar-refractivity contribution in [2.45, 2.75) is 20.3 Å². The van der Waals surface area contributed by atoms with Crippen LogP contribution in [0.5, 0.6) is 0 Å². The van der Waals surface area contributed by atoms with Crippen LogP contribution >= 0.6 is 15.9 Å². The number of halogens is 4. The van der Waals surface area contributed by atoms with E-state index in [0.29, 0.717) is 4.48 Å². The third-order valence-electron chi connectivity index (χ3n) is 2.37.